The molecule has 17 heavy (non-hydrogen) atoms. The standard InChI is InChI=1S/C13H19N3O/c17-13(10-8-14-9-10)7-11-5-6-16(15-11)12-3-1-2-4-12/h5-6,10,12,14H,1-4,7-9H2. The Hall–Kier alpha value is -1.16. The van der Waals surface area contributed by atoms with Gasteiger partial charge in [0, 0.05) is 25.2 Å². The van der Waals surface area contributed by atoms with Crippen molar-refractivity contribution < 1.29 is 4.79 Å². The summed E-state index contributed by atoms with van der Waals surface area (Å²) in [5, 5.41) is 7.68. The Morgan fingerprint density at radius 1 is 1.41 bits per heavy atom. The molecule has 4 heteroatoms. The van der Waals surface area contributed by atoms with Crippen molar-refractivity contribution in [3.05, 3.63) is 18.0 Å². The molecule has 2 heterocycles. The van der Waals surface area contributed by atoms with E-state index < -0.39 is 0 Å². The summed E-state index contributed by atoms with van der Waals surface area (Å²) in [6.45, 7) is 1.70. The number of carbonyl (C=O) groups excluding carboxylic acids is 1. The minimum Gasteiger partial charge on any atom is -0.315 e. The molecule has 1 saturated heterocycles. The van der Waals surface area contributed by atoms with Crippen molar-refractivity contribution in [2.24, 2.45) is 5.92 Å². The summed E-state index contributed by atoms with van der Waals surface area (Å²) in [5.74, 6) is 0.562. The van der Waals surface area contributed by atoms with Gasteiger partial charge in [-0.25, -0.2) is 0 Å². The number of nitrogens with one attached hydrogen (secondary N) is 1. The molecule has 4 nitrogen and oxygen atoms in total. The molecule has 1 aliphatic heterocycles. The molecule has 1 N–H and O–H groups in total. The molecular weight excluding hydrogens is 214 g/mol. The fourth-order valence-electron chi connectivity index (χ4n) is 2.68. The van der Waals surface area contributed by atoms with E-state index in [-0.39, 0.29) is 5.92 Å². The van der Waals surface area contributed by atoms with Gasteiger partial charge in [0.15, 0.2) is 0 Å². The molecule has 0 aromatic carbocycles. The van der Waals surface area contributed by atoms with E-state index in [1.54, 1.807) is 0 Å². The largest absolute Gasteiger partial charge is 0.315 e. The van der Waals surface area contributed by atoms with Crippen LogP contribution < -0.4 is 5.32 Å². The van der Waals surface area contributed by atoms with Crippen LogP contribution in [0.1, 0.15) is 37.4 Å². The highest BCUT2D eigenvalue weighted by molar-refractivity contribution is 5.84. The number of rotatable bonds is 4. The summed E-state index contributed by atoms with van der Waals surface area (Å²) in [4.78, 5) is 11.8. The smallest absolute Gasteiger partial charge is 0.144 e. The molecule has 0 bridgehead atoms. The predicted octanol–water partition coefficient (Wildman–Crippen LogP) is 1.33. The quantitative estimate of drug-likeness (QED) is 0.853. The molecule has 2 fully saturated rings. The molecule has 1 aromatic heterocycles. The molecule has 0 amide bonds. The molecule has 0 spiro atoms. The van der Waals surface area contributed by atoms with Gasteiger partial charge in [-0.15, -0.1) is 0 Å². The summed E-state index contributed by atoms with van der Waals surface area (Å²) in [6.07, 6.45) is 7.64. The first-order chi connectivity index (χ1) is 8.33. The number of Topliss-reactive ketones (excluding diaryl/α,β-unsaturated/α-hetero) is 1. The van der Waals surface area contributed by atoms with E-state index in [0.717, 1.165) is 18.8 Å². The fourth-order valence-corrected chi connectivity index (χ4v) is 2.68. The van der Waals surface area contributed by atoms with Crippen LogP contribution in [0.2, 0.25) is 0 Å². The van der Waals surface area contributed by atoms with Gasteiger partial charge in [0.25, 0.3) is 0 Å². The highest BCUT2D eigenvalue weighted by atomic mass is 16.1. The van der Waals surface area contributed by atoms with E-state index in [0.29, 0.717) is 18.2 Å². The van der Waals surface area contributed by atoms with Crippen molar-refractivity contribution in [3.63, 3.8) is 0 Å². The van der Waals surface area contributed by atoms with Crippen molar-refractivity contribution in [2.45, 2.75) is 38.1 Å². The molecule has 3 rings (SSSR count). The van der Waals surface area contributed by atoms with Crippen LogP contribution in [0, 0.1) is 5.92 Å². The Kier molecular flexibility index (Phi) is 2.97. The van der Waals surface area contributed by atoms with Gasteiger partial charge < -0.3 is 5.32 Å². The monoisotopic (exact) mass is 233 g/mol. The first kappa shape index (κ1) is 11.0. The average molecular weight is 233 g/mol. The van der Waals surface area contributed by atoms with E-state index in [4.69, 9.17) is 0 Å². The van der Waals surface area contributed by atoms with Crippen molar-refractivity contribution in [1.82, 2.24) is 15.1 Å². The second-order valence-corrected chi connectivity index (χ2v) is 5.22. The van der Waals surface area contributed by atoms with E-state index >= 15 is 0 Å². The molecule has 0 unspecified atom stereocenters. The first-order valence-corrected chi connectivity index (χ1v) is 6.60. The van der Waals surface area contributed by atoms with Crippen LogP contribution >= 0.6 is 0 Å². The van der Waals surface area contributed by atoms with Gasteiger partial charge in [-0.2, -0.15) is 5.10 Å². The Labute approximate surface area is 101 Å². The molecule has 0 radical (unpaired) electrons. The lowest BCUT2D eigenvalue weighted by Gasteiger charge is -2.25. The van der Waals surface area contributed by atoms with Gasteiger partial charge in [0.05, 0.1) is 18.2 Å². The maximum absolute atomic E-state index is 11.8. The minimum atomic E-state index is 0.228. The number of hydrogen-bond donors (Lipinski definition) is 1. The number of ketones is 1. The number of carbonyl (C=O) groups is 1. The average Bonchev–Trinajstić information content (AvgIpc) is 2.82. The van der Waals surface area contributed by atoms with Crippen molar-refractivity contribution >= 4 is 5.78 Å². The zero-order valence-electron chi connectivity index (χ0n) is 10.1. The zero-order valence-corrected chi connectivity index (χ0v) is 10.1. The van der Waals surface area contributed by atoms with Gasteiger partial charge in [-0.05, 0) is 18.9 Å². The molecular formula is C13H19N3O. The van der Waals surface area contributed by atoms with Crippen LogP contribution in [0.5, 0.6) is 0 Å². The highest BCUT2D eigenvalue weighted by Gasteiger charge is 2.25. The van der Waals surface area contributed by atoms with Gasteiger partial charge in [0.1, 0.15) is 5.78 Å². The predicted molar refractivity (Wildman–Crippen MR) is 64.8 cm³/mol. The molecule has 0 atom stereocenters. The third-order valence-electron chi connectivity index (χ3n) is 3.95. The van der Waals surface area contributed by atoms with Crippen molar-refractivity contribution in [1.29, 1.82) is 0 Å². The van der Waals surface area contributed by atoms with Crippen LogP contribution in [0.3, 0.4) is 0 Å². The first-order valence-electron chi connectivity index (χ1n) is 6.60. The minimum absolute atomic E-state index is 0.228. The third kappa shape index (κ3) is 2.27. The van der Waals surface area contributed by atoms with Crippen molar-refractivity contribution in [2.75, 3.05) is 13.1 Å². The summed E-state index contributed by atoms with van der Waals surface area (Å²) in [5.41, 5.74) is 0.939. The lowest BCUT2D eigenvalue weighted by Crippen LogP contribution is -2.47. The Morgan fingerprint density at radius 3 is 2.82 bits per heavy atom. The van der Waals surface area contributed by atoms with Gasteiger partial charge in [-0.3, -0.25) is 9.48 Å². The molecule has 1 aliphatic carbocycles. The SMILES string of the molecule is O=C(Cc1ccn(C2CCCC2)n1)C1CNC1. The third-order valence-corrected chi connectivity index (χ3v) is 3.95. The molecule has 1 saturated carbocycles. The van der Waals surface area contributed by atoms with Gasteiger partial charge in [0.2, 0.25) is 0 Å². The molecule has 2 aliphatic rings. The topological polar surface area (TPSA) is 46.9 Å². The maximum Gasteiger partial charge on any atom is 0.144 e. The fraction of sp³-hybridized carbons (Fsp3) is 0.692. The van der Waals surface area contributed by atoms with E-state index in [1.165, 1.54) is 25.7 Å². The van der Waals surface area contributed by atoms with Crippen LogP contribution in [-0.4, -0.2) is 28.7 Å². The second kappa shape index (κ2) is 4.61. The summed E-state index contributed by atoms with van der Waals surface area (Å²) < 4.78 is 2.06. The summed E-state index contributed by atoms with van der Waals surface area (Å²) in [6, 6.07) is 2.58. The molecule has 1 aromatic rings. The van der Waals surface area contributed by atoms with Crippen molar-refractivity contribution in [3.8, 4) is 0 Å². The molecule has 92 valence electrons. The van der Waals surface area contributed by atoms with Crippen LogP contribution in [0.25, 0.3) is 0 Å². The number of hydrogen-bond acceptors (Lipinski definition) is 3. The van der Waals surface area contributed by atoms with Gasteiger partial charge >= 0.3 is 0 Å². The number of nitrogens with zero attached hydrogens (tertiary/aromatic N) is 2. The van der Waals surface area contributed by atoms with E-state index in [2.05, 4.69) is 15.1 Å². The van der Waals surface area contributed by atoms with E-state index in [1.807, 2.05) is 12.3 Å². The normalized spacial score (nSPS) is 21.6. The number of aromatic nitrogens is 2. The maximum atomic E-state index is 11.8. The lowest BCUT2D eigenvalue weighted by molar-refractivity contribution is -0.123. The Bertz CT molecular complexity index is 403. The van der Waals surface area contributed by atoms with Gasteiger partial charge in [-0.1, -0.05) is 12.8 Å². The highest BCUT2D eigenvalue weighted by Crippen LogP contribution is 2.28. The van der Waals surface area contributed by atoms with Crippen LogP contribution in [0.4, 0.5) is 0 Å². The Balaban J connectivity index is 1.61. The second-order valence-electron chi connectivity index (χ2n) is 5.22. The van der Waals surface area contributed by atoms with E-state index in [9.17, 15) is 4.79 Å². The van der Waals surface area contributed by atoms with Crippen LogP contribution in [-0.2, 0) is 11.2 Å². The zero-order chi connectivity index (χ0) is 11.7. The van der Waals surface area contributed by atoms with Crippen LogP contribution in [0.15, 0.2) is 12.3 Å². The summed E-state index contributed by atoms with van der Waals surface area (Å²) >= 11 is 0. The Morgan fingerprint density at radius 2 is 2.18 bits per heavy atom. The summed E-state index contributed by atoms with van der Waals surface area (Å²) in [7, 11) is 0. The lowest BCUT2D eigenvalue weighted by atomic mass is 9.95.